The lowest BCUT2D eigenvalue weighted by Gasteiger charge is -2.19. The molecule has 0 spiro atoms. The van der Waals surface area contributed by atoms with Crippen LogP contribution in [0.3, 0.4) is 0 Å². The molecule has 1 aromatic rings. The summed E-state index contributed by atoms with van der Waals surface area (Å²) >= 11 is 0. The van der Waals surface area contributed by atoms with Gasteiger partial charge in [0, 0.05) is 6.04 Å². The highest BCUT2D eigenvalue weighted by Crippen LogP contribution is 2.28. The van der Waals surface area contributed by atoms with Crippen molar-refractivity contribution in [3.63, 3.8) is 0 Å². The number of hydrogen-bond acceptors (Lipinski definition) is 2. The molecule has 104 valence electrons. The average Bonchev–Trinajstić information content (AvgIpc) is 2.25. The molecular formula is C12H17ClF3NO. The lowest BCUT2D eigenvalue weighted by atomic mass is 9.93. The zero-order chi connectivity index (χ0) is 13.1. The third-order valence-corrected chi connectivity index (χ3v) is 2.73. The number of nitrogens with two attached hydrogens (primary N) is 1. The van der Waals surface area contributed by atoms with E-state index in [4.69, 9.17) is 5.73 Å². The van der Waals surface area contributed by atoms with Crippen molar-refractivity contribution in [1.29, 1.82) is 0 Å². The minimum atomic E-state index is -4.67. The SMILES string of the molecule is CCC(C)[C@H](N)c1cccc(OC(F)(F)F)c1.Cl. The minimum Gasteiger partial charge on any atom is -0.406 e. The van der Waals surface area contributed by atoms with Crippen LogP contribution in [-0.2, 0) is 0 Å². The first-order chi connectivity index (χ1) is 7.83. The van der Waals surface area contributed by atoms with Crippen LogP contribution in [0.5, 0.6) is 5.75 Å². The molecule has 18 heavy (non-hydrogen) atoms. The van der Waals surface area contributed by atoms with Crippen molar-refractivity contribution in [2.45, 2.75) is 32.7 Å². The van der Waals surface area contributed by atoms with E-state index in [1.165, 1.54) is 18.2 Å². The van der Waals surface area contributed by atoms with Crippen LogP contribution < -0.4 is 10.5 Å². The summed E-state index contributed by atoms with van der Waals surface area (Å²) in [4.78, 5) is 0. The minimum absolute atomic E-state index is 0. The van der Waals surface area contributed by atoms with Gasteiger partial charge in [-0.05, 0) is 23.6 Å². The van der Waals surface area contributed by atoms with Crippen molar-refractivity contribution in [2.24, 2.45) is 11.7 Å². The Morgan fingerprint density at radius 2 is 1.94 bits per heavy atom. The fourth-order valence-corrected chi connectivity index (χ4v) is 1.50. The van der Waals surface area contributed by atoms with Gasteiger partial charge in [-0.3, -0.25) is 0 Å². The van der Waals surface area contributed by atoms with Crippen molar-refractivity contribution in [3.05, 3.63) is 29.8 Å². The van der Waals surface area contributed by atoms with E-state index in [9.17, 15) is 13.2 Å². The van der Waals surface area contributed by atoms with E-state index in [0.717, 1.165) is 6.42 Å². The van der Waals surface area contributed by atoms with E-state index in [-0.39, 0.29) is 30.1 Å². The van der Waals surface area contributed by atoms with Crippen LogP contribution in [-0.4, -0.2) is 6.36 Å². The Hall–Kier alpha value is -0.940. The van der Waals surface area contributed by atoms with Gasteiger partial charge in [0.15, 0.2) is 0 Å². The average molecular weight is 284 g/mol. The summed E-state index contributed by atoms with van der Waals surface area (Å²) in [6.07, 6.45) is -3.80. The maximum Gasteiger partial charge on any atom is 0.573 e. The van der Waals surface area contributed by atoms with E-state index >= 15 is 0 Å². The van der Waals surface area contributed by atoms with Crippen molar-refractivity contribution in [3.8, 4) is 5.75 Å². The number of alkyl halides is 3. The first-order valence-corrected chi connectivity index (χ1v) is 5.44. The molecule has 2 atom stereocenters. The molecule has 6 heteroatoms. The molecule has 0 aliphatic rings. The fraction of sp³-hybridized carbons (Fsp3) is 0.500. The van der Waals surface area contributed by atoms with Gasteiger partial charge in [0.25, 0.3) is 0 Å². The number of rotatable bonds is 4. The van der Waals surface area contributed by atoms with Gasteiger partial charge in [0.05, 0.1) is 0 Å². The smallest absolute Gasteiger partial charge is 0.406 e. The monoisotopic (exact) mass is 283 g/mol. The largest absolute Gasteiger partial charge is 0.573 e. The highest BCUT2D eigenvalue weighted by atomic mass is 35.5. The second-order valence-electron chi connectivity index (χ2n) is 4.03. The Kier molecular flexibility index (Phi) is 6.49. The molecule has 0 radical (unpaired) electrons. The van der Waals surface area contributed by atoms with Crippen LogP contribution in [0.4, 0.5) is 13.2 Å². The molecule has 0 aliphatic heterocycles. The summed E-state index contributed by atoms with van der Waals surface area (Å²) in [5.74, 6) is -0.0233. The quantitative estimate of drug-likeness (QED) is 0.904. The maximum atomic E-state index is 12.0. The first kappa shape index (κ1) is 17.1. The Morgan fingerprint density at radius 3 is 2.44 bits per heavy atom. The maximum absolute atomic E-state index is 12.0. The summed E-state index contributed by atoms with van der Waals surface area (Å²) in [7, 11) is 0. The predicted molar refractivity (Wildman–Crippen MR) is 66.8 cm³/mol. The number of ether oxygens (including phenoxy) is 1. The van der Waals surface area contributed by atoms with Crippen LogP contribution in [0, 0.1) is 5.92 Å². The Balaban J connectivity index is 0.00000289. The van der Waals surface area contributed by atoms with Crippen molar-refractivity contribution in [1.82, 2.24) is 0 Å². The molecular weight excluding hydrogens is 267 g/mol. The summed E-state index contributed by atoms with van der Waals surface area (Å²) in [5, 5.41) is 0. The molecule has 1 aromatic carbocycles. The molecule has 1 unspecified atom stereocenters. The normalized spacial score (nSPS) is 14.6. The van der Waals surface area contributed by atoms with Crippen LogP contribution in [0.2, 0.25) is 0 Å². The molecule has 0 bridgehead atoms. The highest BCUT2D eigenvalue weighted by Gasteiger charge is 2.31. The molecule has 0 aliphatic carbocycles. The Morgan fingerprint density at radius 1 is 1.33 bits per heavy atom. The molecule has 0 fully saturated rings. The van der Waals surface area contributed by atoms with E-state index in [1.807, 2.05) is 13.8 Å². The molecule has 0 saturated heterocycles. The third-order valence-electron chi connectivity index (χ3n) is 2.73. The second kappa shape index (κ2) is 6.85. The van der Waals surface area contributed by atoms with E-state index in [1.54, 1.807) is 6.07 Å². The van der Waals surface area contributed by atoms with E-state index < -0.39 is 6.36 Å². The lowest BCUT2D eigenvalue weighted by Crippen LogP contribution is -2.20. The topological polar surface area (TPSA) is 35.2 Å². The molecule has 0 saturated carbocycles. The Bertz CT molecular complexity index is 371. The number of benzene rings is 1. The van der Waals surface area contributed by atoms with Crippen molar-refractivity contribution >= 4 is 12.4 Å². The Labute approximate surface area is 111 Å². The summed E-state index contributed by atoms with van der Waals surface area (Å²) in [6, 6.07) is 5.54. The van der Waals surface area contributed by atoms with Gasteiger partial charge in [0.1, 0.15) is 5.75 Å². The molecule has 0 amide bonds. The van der Waals surface area contributed by atoms with Crippen LogP contribution in [0.15, 0.2) is 24.3 Å². The molecule has 2 nitrogen and oxygen atoms in total. The van der Waals surface area contributed by atoms with Crippen LogP contribution in [0.1, 0.15) is 31.9 Å². The van der Waals surface area contributed by atoms with Gasteiger partial charge >= 0.3 is 6.36 Å². The molecule has 2 N–H and O–H groups in total. The fourth-order valence-electron chi connectivity index (χ4n) is 1.50. The van der Waals surface area contributed by atoms with E-state index in [0.29, 0.717) is 5.56 Å². The van der Waals surface area contributed by atoms with Gasteiger partial charge in [-0.25, -0.2) is 0 Å². The summed E-state index contributed by atoms with van der Waals surface area (Å²) in [5.41, 5.74) is 6.60. The number of halogens is 4. The van der Waals surface area contributed by atoms with Gasteiger partial charge in [-0.1, -0.05) is 32.4 Å². The predicted octanol–water partition coefficient (Wildman–Crippen LogP) is 4.05. The first-order valence-electron chi connectivity index (χ1n) is 5.44. The molecule has 0 heterocycles. The van der Waals surface area contributed by atoms with Crippen molar-refractivity contribution < 1.29 is 17.9 Å². The standard InChI is InChI=1S/C12H16F3NO.ClH/c1-3-8(2)11(16)9-5-4-6-10(7-9)17-12(13,14)15;/h4-8,11H,3,16H2,1-2H3;1H/t8?,11-;/m0./s1. The van der Waals surface area contributed by atoms with Crippen molar-refractivity contribution in [2.75, 3.05) is 0 Å². The summed E-state index contributed by atoms with van der Waals surface area (Å²) < 4.78 is 40.0. The zero-order valence-electron chi connectivity index (χ0n) is 10.2. The number of hydrogen-bond donors (Lipinski definition) is 1. The van der Waals surface area contributed by atoms with Crippen LogP contribution >= 0.6 is 12.4 Å². The van der Waals surface area contributed by atoms with Gasteiger partial charge in [0.2, 0.25) is 0 Å². The third kappa shape index (κ3) is 5.14. The zero-order valence-corrected chi connectivity index (χ0v) is 11.0. The molecule has 1 rings (SSSR count). The highest BCUT2D eigenvalue weighted by molar-refractivity contribution is 5.85. The van der Waals surface area contributed by atoms with Gasteiger partial charge < -0.3 is 10.5 Å². The van der Waals surface area contributed by atoms with Gasteiger partial charge in [-0.15, -0.1) is 25.6 Å². The molecule has 0 aromatic heterocycles. The lowest BCUT2D eigenvalue weighted by molar-refractivity contribution is -0.274. The van der Waals surface area contributed by atoms with Crippen LogP contribution in [0.25, 0.3) is 0 Å². The second-order valence-corrected chi connectivity index (χ2v) is 4.03. The van der Waals surface area contributed by atoms with Gasteiger partial charge in [-0.2, -0.15) is 0 Å². The summed E-state index contributed by atoms with van der Waals surface area (Å²) in [6.45, 7) is 3.95. The van der Waals surface area contributed by atoms with E-state index in [2.05, 4.69) is 4.74 Å².